The quantitative estimate of drug-likeness (QED) is 0.533. The van der Waals surface area contributed by atoms with E-state index in [1.807, 2.05) is 0 Å². The normalized spacial score (nSPS) is 26.8. The second-order valence-corrected chi connectivity index (χ2v) is 5.28. The molecule has 0 saturated carbocycles. The Bertz CT molecular complexity index is 268. The van der Waals surface area contributed by atoms with E-state index in [2.05, 4.69) is 5.32 Å². The van der Waals surface area contributed by atoms with Crippen LogP contribution in [0.5, 0.6) is 0 Å². The van der Waals surface area contributed by atoms with Gasteiger partial charge in [-0.15, -0.1) is 12.4 Å². The van der Waals surface area contributed by atoms with Gasteiger partial charge in [-0.2, -0.15) is 0 Å². The molecule has 1 rings (SSSR count). The van der Waals surface area contributed by atoms with E-state index in [0.29, 0.717) is 19.4 Å². The second kappa shape index (κ2) is 5.82. The highest BCUT2D eigenvalue weighted by Crippen LogP contribution is 2.39. The fourth-order valence-corrected chi connectivity index (χ4v) is 2.69. The summed E-state index contributed by atoms with van der Waals surface area (Å²) in [5.74, 6) is -1.15. The molecule has 1 saturated heterocycles. The molecule has 2 atom stereocenters. The molecule has 6 nitrogen and oxygen atoms in total. The van der Waals surface area contributed by atoms with Gasteiger partial charge < -0.3 is 20.2 Å². The summed E-state index contributed by atoms with van der Waals surface area (Å²) in [5.41, 5.74) is 0. The fraction of sp³-hybridized carbons (Fsp3) is 0.857. The molecule has 1 heterocycles. The van der Waals surface area contributed by atoms with Crippen molar-refractivity contribution < 1.29 is 24.3 Å². The number of nitrogens with one attached hydrogen (secondary N) is 1. The van der Waals surface area contributed by atoms with E-state index in [0.717, 1.165) is 0 Å². The monoisotopic (exact) mass is 259 g/mol. The van der Waals surface area contributed by atoms with Crippen LogP contribution in [0.1, 0.15) is 12.8 Å². The first kappa shape index (κ1) is 14.9. The molecule has 0 bridgehead atoms. The molecule has 90 valence electrons. The molecule has 0 amide bonds. The number of carboxylic acids is 1. The molecule has 0 spiro atoms. The van der Waals surface area contributed by atoms with Crippen molar-refractivity contribution in [2.24, 2.45) is 5.92 Å². The van der Waals surface area contributed by atoms with Crippen LogP contribution >= 0.6 is 20.0 Å². The molecule has 1 aliphatic rings. The van der Waals surface area contributed by atoms with Crippen molar-refractivity contribution in [2.45, 2.75) is 18.9 Å². The number of aliphatic carboxylic acids is 1. The second-order valence-electron chi connectivity index (χ2n) is 3.58. The van der Waals surface area contributed by atoms with Crippen LogP contribution in [0.2, 0.25) is 0 Å². The molecule has 0 radical (unpaired) electrons. The van der Waals surface area contributed by atoms with Crippen molar-refractivity contribution in [1.29, 1.82) is 0 Å². The molecular formula is C7H15ClNO5P. The summed E-state index contributed by atoms with van der Waals surface area (Å²) in [6, 6.07) is -0.666. The Hall–Kier alpha value is -0.130. The van der Waals surface area contributed by atoms with Gasteiger partial charge >= 0.3 is 13.6 Å². The molecule has 0 aromatic rings. The van der Waals surface area contributed by atoms with Crippen molar-refractivity contribution in [3.8, 4) is 0 Å². The van der Waals surface area contributed by atoms with Crippen LogP contribution in [0.4, 0.5) is 0 Å². The zero-order chi connectivity index (χ0) is 10.8. The van der Waals surface area contributed by atoms with Gasteiger partial charge in [-0.1, -0.05) is 0 Å². The molecule has 15 heavy (non-hydrogen) atoms. The maximum Gasteiger partial charge on any atom is 0.325 e. The lowest BCUT2D eigenvalue weighted by molar-refractivity contribution is -0.140. The van der Waals surface area contributed by atoms with Gasteiger partial charge in [0.1, 0.15) is 6.04 Å². The van der Waals surface area contributed by atoms with Gasteiger partial charge in [0, 0.05) is 0 Å². The minimum absolute atomic E-state index is 0. The van der Waals surface area contributed by atoms with E-state index in [4.69, 9.17) is 14.9 Å². The average molecular weight is 260 g/mol. The van der Waals surface area contributed by atoms with Crippen molar-refractivity contribution in [3.63, 3.8) is 0 Å². The maximum absolute atomic E-state index is 10.7. The number of hydrogen-bond donors (Lipinski definition) is 4. The summed E-state index contributed by atoms with van der Waals surface area (Å²) in [6.45, 7) is 0.502. The van der Waals surface area contributed by atoms with E-state index < -0.39 is 19.6 Å². The molecule has 0 unspecified atom stereocenters. The Morgan fingerprint density at radius 1 is 1.47 bits per heavy atom. The van der Waals surface area contributed by atoms with Gasteiger partial charge in [0.15, 0.2) is 0 Å². The summed E-state index contributed by atoms with van der Waals surface area (Å²) in [5, 5.41) is 11.5. The van der Waals surface area contributed by atoms with Crippen molar-refractivity contribution in [1.82, 2.24) is 5.32 Å². The Morgan fingerprint density at radius 2 is 2.07 bits per heavy atom. The van der Waals surface area contributed by atoms with Crippen LogP contribution in [0.3, 0.4) is 0 Å². The predicted molar refractivity (Wildman–Crippen MR) is 56.3 cm³/mol. The highest BCUT2D eigenvalue weighted by atomic mass is 35.5. The van der Waals surface area contributed by atoms with E-state index in [-0.39, 0.29) is 24.5 Å². The van der Waals surface area contributed by atoms with Crippen LogP contribution < -0.4 is 5.32 Å². The topological polar surface area (TPSA) is 107 Å². The number of carbonyl (C=O) groups is 1. The number of rotatable bonds is 3. The molecule has 4 N–H and O–H groups in total. The Labute approximate surface area is 93.6 Å². The van der Waals surface area contributed by atoms with Crippen molar-refractivity contribution >= 4 is 26.0 Å². The van der Waals surface area contributed by atoms with Gasteiger partial charge in [0.25, 0.3) is 0 Å². The molecule has 0 aromatic carbocycles. The molecule has 1 fully saturated rings. The summed E-state index contributed by atoms with van der Waals surface area (Å²) in [4.78, 5) is 28.1. The third-order valence-electron chi connectivity index (χ3n) is 2.31. The van der Waals surface area contributed by atoms with E-state index in [1.54, 1.807) is 0 Å². The lowest BCUT2D eigenvalue weighted by Crippen LogP contribution is -2.44. The largest absolute Gasteiger partial charge is 0.480 e. The molecule has 1 aliphatic heterocycles. The highest BCUT2D eigenvalue weighted by molar-refractivity contribution is 7.51. The molecule has 0 aliphatic carbocycles. The van der Waals surface area contributed by atoms with Crippen LogP contribution in [0, 0.1) is 5.92 Å². The van der Waals surface area contributed by atoms with E-state index in [1.165, 1.54) is 0 Å². The van der Waals surface area contributed by atoms with Crippen LogP contribution in [0.15, 0.2) is 0 Å². The van der Waals surface area contributed by atoms with Gasteiger partial charge in [-0.25, -0.2) is 0 Å². The zero-order valence-corrected chi connectivity index (χ0v) is 9.71. The minimum Gasteiger partial charge on any atom is -0.480 e. The minimum atomic E-state index is -4.01. The smallest absolute Gasteiger partial charge is 0.325 e. The van der Waals surface area contributed by atoms with Gasteiger partial charge in [-0.05, 0) is 25.3 Å². The lowest BCUT2D eigenvalue weighted by atomic mass is 9.94. The number of piperidine rings is 1. The maximum atomic E-state index is 10.7. The number of carboxylic acid groups (broad SMARTS) is 1. The van der Waals surface area contributed by atoms with E-state index >= 15 is 0 Å². The van der Waals surface area contributed by atoms with Crippen LogP contribution in [0.25, 0.3) is 0 Å². The standard InChI is InChI=1S/C7H14NO5P.ClH/c9-7(10)6-3-5(1-2-8-6)4-14(11,12)13;/h5-6,8H,1-4H2,(H,9,10)(H2,11,12,13);1H/t5-,6-;/m1./s1. The van der Waals surface area contributed by atoms with E-state index in [9.17, 15) is 9.36 Å². The third-order valence-corrected chi connectivity index (χ3v) is 3.30. The Balaban J connectivity index is 0.00000196. The summed E-state index contributed by atoms with van der Waals surface area (Å²) < 4.78 is 10.7. The Morgan fingerprint density at radius 3 is 2.53 bits per heavy atom. The van der Waals surface area contributed by atoms with Gasteiger partial charge in [0.2, 0.25) is 0 Å². The predicted octanol–water partition coefficient (Wildman–Crippen LogP) is 0.0387. The first-order valence-corrected chi connectivity index (χ1v) is 6.19. The summed E-state index contributed by atoms with van der Waals surface area (Å²) >= 11 is 0. The Kier molecular flexibility index (Phi) is 5.77. The van der Waals surface area contributed by atoms with Crippen LogP contribution in [-0.2, 0) is 9.36 Å². The average Bonchev–Trinajstić information content (AvgIpc) is 2.01. The highest BCUT2D eigenvalue weighted by Gasteiger charge is 2.30. The zero-order valence-electron chi connectivity index (χ0n) is 8.00. The lowest BCUT2D eigenvalue weighted by Gasteiger charge is -2.27. The summed E-state index contributed by atoms with van der Waals surface area (Å²) in [6.07, 6.45) is 0.702. The number of halogens is 1. The first-order chi connectivity index (χ1) is 6.38. The molecule has 8 heteroatoms. The molecular weight excluding hydrogens is 245 g/mol. The summed E-state index contributed by atoms with van der Waals surface area (Å²) in [7, 11) is -4.01. The molecule has 0 aromatic heterocycles. The third kappa shape index (κ3) is 5.49. The van der Waals surface area contributed by atoms with Gasteiger partial charge in [-0.3, -0.25) is 9.36 Å². The first-order valence-electron chi connectivity index (χ1n) is 4.39. The SMILES string of the molecule is Cl.O=C(O)[C@H]1C[C@H](CP(=O)(O)O)CCN1. The van der Waals surface area contributed by atoms with Crippen molar-refractivity contribution in [3.05, 3.63) is 0 Å². The van der Waals surface area contributed by atoms with Gasteiger partial charge in [0.05, 0.1) is 6.16 Å². The van der Waals surface area contributed by atoms with Crippen LogP contribution in [-0.4, -0.2) is 39.6 Å². The van der Waals surface area contributed by atoms with Crippen molar-refractivity contribution in [2.75, 3.05) is 12.7 Å². The number of hydrogen-bond acceptors (Lipinski definition) is 3. The fourth-order valence-electron chi connectivity index (χ4n) is 1.69.